The standard InChI is InChI=1S/C10H16N4O3/c11-2-1-9-12-8(13-17-9)7-10(15)14-3-5-16-6-4-14/h1-7,11H2. The molecular weight excluding hydrogens is 224 g/mol. The maximum Gasteiger partial charge on any atom is 0.230 e. The Morgan fingerprint density at radius 3 is 2.88 bits per heavy atom. The van der Waals surface area contributed by atoms with Crippen LogP contribution in [0.25, 0.3) is 0 Å². The van der Waals surface area contributed by atoms with Crippen molar-refractivity contribution in [2.75, 3.05) is 32.8 Å². The number of nitrogens with zero attached hydrogens (tertiary/aromatic N) is 3. The van der Waals surface area contributed by atoms with Gasteiger partial charge in [-0.3, -0.25) is 4.79 Å². The molecule has 1 aromatic rings. The lowest BCUT2D eigenvalue weighted by Gasteiger charge is -2.26. The number of aromatic nitrogens is 2. The van der Waals surface area contributed by atoms with Crippen molar-refractivity contribution in [1.82, 2.24) is 15.0 Å². The van der Waals surface area contributed by atoms with E-state index < -0.39 is 0 Å². The number of hydrogen-bond acceptors (Lipinski definition) is 6. The molecular formula is C10H16N4O3. The molecule has 1 fully saturated rings. The molecule has 0 atom stereocenters. The molecule has 0 bridgehead atoms. The van der Waals surface area contributed by atoms with Gasteiger partial charge in [0.2, 0.25) is 11.8 Å². The van der Waals surface area contributed by atoms with Crippen molar-refractivity contribution in [1.29, 1.82) is 0 Å². The Balaban J connectivity index is 1.88. The second-order valence-corrected chi connectivity index (χ2v) is 3.81. The van der Waals surface area contributed by atoms with Crippen LogP contribution in [0.3, 0.4) is 0 Å². The monoisotopic (exact) mass is 240 g/mol. The second kappa shape index (κ2) is 5.74. The van der Waals surface area contributed by atoms with E-state index in [1.807, 2.05) is 0 Å². The topological polar surface area (TPSA) is 94.5 Å². The molecule has 2 rings (SSSR count). The van der Waals surface area contributed by atoms with Crippen LogP contribution in [0.5, 0.6) is 0 Å². The van der Waals surface area contributed by atoms with Crippen molar-refractivity contribution in [2.24, 2.45) is 5.73 Å². The molecule has 17 heavy (non-hydrogen) atoms. The van der Waals surface area contributed by atoms with Crippen LogP contribution in [0.15, 0.2) is 4.52 Å². The zero-order valence-corrected chi connectivity index (χ0v) is 9.59. The first-order chi connectivity index (χ1) is 8.29. The van der Waals surface area contributed by atoms with Gasteiger partial charge < -0.3 is 19.9 Å². The van der Waals surface area contributed by atoms with Gasteiger partial charge in [-0.2, -0.15) is 4.98 Å². The van der Waals surface area contributed by atoms with Gasteiger partial charge in [-0.15, -0.1) is 0 Å². The second-order valence-electron chi connectivity index (χ2n) is 3.81. The third kappa shape index (κ3) is 3.24. The highest BCUT2D eigenvalue weighted by molar-refractivity contribution is 5.78. The predicted octanol–water partition coefficient (Wildman–Crippen LogP) is -1.03. The van der Waals surface area contributed by atoms with Crippen molar-refractivity contribution in [2.45, 2.75) is 12.8 Å². The molecule has 7 heteroatoms. The summed E-state index contributed by atoms with van der Waals surface area (Å²) in [7, 11) is 0. The first kappa shape index (κ1) is 12.0. The predicted molar refractivity (Wildman–Crippen MR) is 58.2 cm³/mol. The lowest BCUT2D eigenvalue weighted by Crippen LogP contribution is -2.41. The molecule has 0 aliphatic carbocycles. The number of carbonyl (C=O) groups excluding carboxylic acids is 1. The summed E-state index contributed by atoms with van der Waals surface area (Å²) in [6.45, 7) is 2.91. The Bertz CT molecular complexity index is 373. The maximum absolute atomic E-state index is 11.9. The summed E-state index contributed by atoms with van der Waals surface area (Å²) in [5.74, 6) is 0.913. The molecule has 7 nitrogen and oxygen atoms in total. The normalized spacial score (nSPS) is 16.2. The quantitative estimate of drug-likeness (QED) is 0.723. The van der Waals surface area contributed by atoms with Gasteiger partial charge in [-0.1, -0.05) is 5.16 Å². The van der Waals surface area contributed by atoms with E-state index in [9.17, 15) is 4.79 Å². The number of morpholine rings is 1. The molecule has 1 aromatic heterocycles. The minimum Gasteiger partial charge on any atom is -0.378 e. The van der Waals surface area contributed by atoms with Crippen molar-refractivity contribution < 1.29 is 14.1 Å². The fraction of sp³-hybridized carbons (Fsp3) is 0.700. The lowest BCUT2D eigenvalue weighted by atomic mass is 10.3. The number of rotatable bonds is 4. The average molecular weight is 240 g/mol. The van der Waals surface area contributed by atoms with Crippen LogP contribution < -0.4 is 5.73 Å². The number of nitrogens with two attached hydrogens (primary N) is 1. The van der Waals surface area contributed by atoms with Gasteiger partial charge in [0.05, 0.1) is 19.6 Å². The Labute approximate surface area is 98.9 Å². The summed E-state index contributed by atoms with van der Waals surface area (Å²) in [6, 6.07) is 0. The van der Waals surface area contributed by atoms with Gasteiger partial charge >= 0.3 is 0 Å². The SMILES string of the molecule is NCCc1nc(CC(=O)N2CCOCC2)no1. The van der Waals surface area contributed by atoms with E-state index in [1.165, 1.54) is 0 Å². The van der Waals surface area contributed by atoms with Crippen LogP contribution in [0, 0.1) is 0 Å². The third-order valence-electron chi connectivity index (χ3n) is 2.54. The van der Waals surface area contributed by atoms with Crippen LogP contribution >= 0.6 is 0 Å². The highest BCUT2D eigenvalue weighted by atomic mass is 16.5. The Hall–Kier alpha value is -1.47. The Morgan fingerprint density at radius 1 is 1.41 bits per heavy atom. The van der Waals surface area contributed by atoms with Crippen LogP contribution in [0.2, 0.25) is 0 Å². The minimum absolute atomic E-state index is 0.00778. The van der Waals surface area contributed by atoms with E-state index in [2.05, 4.69) is 10.1 Å². The van der Waals surface area contributed by atoms with E-state index in [0.717, 1.165) is 0 Å². The highest BCUT2D eigenvalue weighted by Crippen LogP contribution is 2.03. The molecule has 1 aliphatic heterocycles. The summed E-state index contributed by atoms with van der Waals surface area (Å²) in [5.41, 5.74) is 5.37. The zero-order valence-electron chi connectivity index (χ0n) is 9.59. The van der Waals surface area contributed by atoms with Crippen molar-refractivity contribution in [3.63, 3.8) is 0 Å². The van der Waals surface area contributed by atoms with E-state index in [1.54, 1.807) is 4.90 Å². The lowest BCUT2D eigenvalue weighted by molar-refractivity contribution is -0.134. The first-order valence-corrected chi connectivity index (χ1v) is 5.66. The molecule has 0 saturated carbocycles. The maximum atomic E-state index is 11.9. The highest BCUT2D eigenvalue weighted by Gasteiger charge is 2.19. The molecule has 94 valence electrons. The number of carbonyl (C=O) groups is 1. The molecule has 0 unspecified atom stereocenters. The molecule has 1 aliphatic rings. The van der Waals surface area contributed by atoms with E-state index in [0.29, 0.717) is 51.0 Å². The molecule has 0 spiro atoms. The summed E-state index contributed by atoms with van der Waals surface area (Å²) in [6.07, 6.45) is 0.715. The fourth-order valence-corrected chi connectivity index (χ4v) is 1.65. The van der Waals surface area contributed by atoms with Crippen molar-refractivity contribution >= 4 is 5.91 Å². The summed E-state index contributed by atoms with van der Waals surface area (Å²) < 4.78 is 10.1. The number of hydrogen-bond donors (Lipinski definition) is 1. The Kier molecular flexibility index (Phi) is 4.05. The van der Waals surface area contributed by atoms with E-state index >= 15 is 0 Å². The zero-order chi connectivity index (χ0) is 12.1. The number of amides is 1. The third-order valence-corrected chi connectivity index (χ3v) is 2.54. The largest absolute Gasteiger partial charge is 0.378 e. The van der Waals surface area contributed by atoms with Crippen molar-refractivity contribution in [3.05, 3.63) is 11.7 Å². The van der Waals surface area contributed by atoms with Gasteiger partial charge in [0.25, 0.3) is 0 Å². The van der Waals surface area contributed by atoms with E-state index in [-0.39, 0.29) is 12.3 Å². The number of ether oxygens (including phenoxy) is 1. The molecule has 0 aromatic carbocycles. The molecule has 1 amide bonds. The molecule has 1 saturated heterocycles. The van der Waals surface area contributed by atoms with Gasteiger partial charge in [0.1, 0.15) is 0 Å². The van der Waals surface area contributed by atoms with Gasteiger partial charge in [-0.25, -0.2) is 0 Å². The first-order valence-electron chi connectivity index (χ1n) is 5.66. The van der Waals surface area contributed by atoms with Crippen molar-refractivity contribution in [3.8, 4) is 0 Å². The molecule has 2 N–H and O–H groups in total. The average Bonchev–Trinajstić information content (AvgIpc) is 2.78. The van der Waals surface area contributed by atoms with Crippen LogP contribution in [-0.2, 0) is 22.4 Å². The Morgan fingerprint density at radius 2 is 2.18 bits per heavy atom. The van der Waals surface area contributed by atoms with Crippen LogP contribution in [-0.4, -0.2) is 53.8 Å². The summed E-state index contributed by atoms with van der Waals surface area (Å²) >= 11 is 0. The van der Waals surface area contributed by atoms with Gasteiger partial charge in [0.15, 0.2) is 5.82 Å². The smallest absolute Gasteiger partial charge is 0.230 e. The van der Waals surface area contributed by atoms with Crippen LogP contribution in [0.1, 0.15) is 11.7 Å². The summed E-state index contributed by atoms with van der Waals surface area (Å²) in [4.78, 5) is 17.7. The van der Waals surface area contributed by atoms with Gasteiger partial charge in [0, 0.05) is 26.1 Å². The van der Waals surface area contributed by atoms with Gasteiger partial charge in [-0.05, 0) is 0 Å². The molecule has 2 heterocycles. The fourth-order valence-electron chi connectivity index (χ4n) is 1.65. The van der Waals surface area contributed by atoms with E-state index in [4.69, 9.17) is 15.0 Å². The van der Waals surface area contributed by atoms with Crippen LogP contribution in [0.4, 0.5) is 0 Å². The minimum atomic E-state index is 0.00778. The molecule has 0 radical (unpaired) electrons. The summed E-state index contributed by atoms with van der Waals surface area (Å²) in [5, 5.41) is 3.75.